The van der Waals surface area contributed by atoms with Crippen molar-refractivity contribution in [3.8, 4) is 5.75 Å². The van der Waals surface area contributed by atoms with Crippen LogP contribution in [0.15, 0.2) is 42.6 Å². The van der Waals surface area contributed by atoms with Crippen LogP contribution in [0.2, 0.25) is 0 Å². The lowest BCUT2D eigenvalue weighted by Gasteiger charge is -2.17. The van der Waals surface area contributed by atoms with Crippen molar-refractivity contribution in [2.45, 2.75) is 19.8 Å². The Morgan fingerprint density at radius 1 is 1.17 bits per heavy atom. The summed E-state index contributed by atoms with van der Waals surface area (Å²) in [5.74, 6) is 1.01. The Balaban J connectivity index is 1.50. The van der Waals surface area contributed by atoms with E-state index in [-0.39, 0.29) is 12.5 Å². The molecule has 0 radical (unpaired) electrons. The molecule has 1 aliphatic rings. The third kappa shape index (κ3) is 4.22. The normalized spacial score (nSPS) is 13.9. The van der Waals surface area contributed by atoms with Gasteiger partial charge in [0.05, 0.1) is 11.9 Å². The number of ether oxygens (including phenoxy) is 1. The summed E-state index contributed by atoms with van der Waals surface area (Å²) in [4.78, 5) is 18.5. The average Bonchev–Trinajstić information content (AvgIpc) is 3.09. The van der Waals surface area contributed by atoms with Crippen molar-refractivity contribution >= 4 is 17.4 Å². The summed E-state index contributed by atoms with van der Waals surface area (Å²) in [7, 11) is 0. The van der Waals surface area contributed by atoms with Gasteiger partial charge in [0, 0.05) is 13.1 Å². The van der Waals surface area contributed by atoms with Crippen molar-refractivity contribution in [1.29, 1.82) is 0 Å². The number of rotatable bonds is 5. The van der Waals surface area contributed by atoms with Crippen molar-refractivity contribution in [2.75, 3.05) is 29.9 Å². The van der Waals surface area contributed by atoms with Crippen molar-refractivity contribution in [3.63, 3.8) is 0 Å². The molecule has 5 nitrogen and oxygen atoms in total. The Bertz CT molecular complexity index is 647. The van der Waals surface area contributed by atoms with Crippen LogP contribution < -0.4 is 15.0 Å². The van der Waals surface area contributed by atoms with E-state index in [0.29, 0.717) is 11.6 Å². The van der Waals surface area contributed by atoms with Crippen LogP contribution in [0.25, 0.3) is 0 Å². The largest absolute Gasteiger partial charge is 0.484 e. The highest BCUT2D eigenvalue weighted by Crippen LogP contribution is 2.20. The molecule has 1 N–H and O–H groups in total. The number of hydrogen-bond acceptors (Lipinski definition) is 4. The molecular formula is C18H21N3O2. The molecule has 1 fully saturated rings. The van der Waals surface area contributed by atoms with Gasteiger partial charge in [-0.15, -0.1) is 0 Å². The summed E-state index contributed by atoms with van der Waals surface area (Å²) in [6.45, 7) is 4.14. The molecule has 1 aromatic carbocycles. The third-order valence-electron chi connectivity index (χ3n) is 3.88. The number of benzene rings is 1. The zero-order chi connectivity index (χ0) is 16.1. The maximum Gasteiger partial charge on any atom is 0.263 e. The van der Waals surface area contributed by atoms with Crippen LogP contribution in [0.3, 0.4) is 0 Å². The van der Waals surface area contributed by atoms with Crippen molar-refractivity contribution < 1.29 is 9.53 Å². The van der Waals surface area contributed by atoms with Crippen LogP contribution in [-0.2, 0) is 4.79 Å². The second-order valence-electron chi connectivity index (χ2n) is 5.75. The van der Waals surface area contributed by atoms with Crippen LogP contribution in [0.4, 0.5) is 11.5 Å². The van der Waals surface area contributed by atoms with Gasteiger partial charge in [0.1, 0.15) is 11.6 Å². The lowest BCUT2D eigenvalue weighted by atomic mass is 10.2. The Morgan fingerprint density at radius 2 is 1.91 bits per heavy atom. The molecule has 0 aliphatic carbocycles. The van der Waals surface area contributed by atoms with Gasteiger partial charge in [-0.05, 0) is 44.0 Å². The van der Waals surface area contributed by atoms with Crippen molar-refractivity contribution in [1.82, 2.24) is 4.98 Å². The second kappa shape index (κ2) is 7.13. The fraction of sp³-hybridized carbons (Fsp3) is 0.333. The summed E-state index contributed by atoms with van der Waals surface area (Å²) in [6.07, 6.45) is 4.27. The van der Waals surface area contributed by atoms with Crippen LogP contribution in [0.5, 0.6) is 5.75 Å². The molecule has 0 bridgehead atoms. The molecule has 3 rings (SSSR count). The van der Waals surface area contributed by atoms with E-state index in [0.717, 1.165) is 24.3 Å². The molecule has 1 amide bonds. The third-order valence-corrected chi connectivity index (χ3v) is 3.88. The SMILES string of the molecule is Cc1ccc(OCC(=O)Nc2ccc(N3CCCC3)cn2)cc1. The number of carbonyl (C=O) groups is 1. The Kier molecular flexibility index (Phi) is 4.76. The van der Waals surface area contributed by atoms with E-state index in [1.54, 1.807) is 0 Å². The summed E-state index contributed by atoms with van der Waals surface area (Å²) >= 11 is 0. The van der Waals surface area contributed by atoms with E-state index in [1.165, 1.54) is 12.8 Å². The number of aromatic nitrogens is 1. The smallest absolute Gasteiger partial charge is 0.263 e. The van der Waals surface area contributed by atoms with Gasteiger partial charge < -0.3 is 15.0 Å². The minimum Gasteiger partial charge on any atom is -0.484 e. The maximum atomic E-state index is 11.9. The average molecular weight is 311 g/mol. The molecule has 1 aromatic heterocycles. The molecule has 1 saturated heterocycles. The van der Waals surface area contributed by atoms with Crippen LogP contribution in [-0.4, -0.2) is 30.6 Å². The fourth-order valence-electron chi connectivity index (χ4n) is 2.58. The monoisotopic (exact) mass is 311 g/mol. The fourth-order valence-corrected chi connectivity index (χ4v) is 2.58. The minimum atomic E-state index is -0.216. The first-order valence-corrected chi connectivity index (χ1v) is 7.91. The number of nitrogens with one attached hydrogen (secondary N) is 1. The number of aryl methyl sites for hydroxylation is 1. The summed E-state index contributed by atoms with van der Waals surface area (Å²) in [5, 5.41) is 2.75. The molecule has 2 aromatic rings. The summed E-state index contributed by atoms with van der Waals surface area (Å²) in [6, 6.07) is 11.4. The van der Waals surface area contributed by atoms with Gasteiger partial charge >= 0.3 is 0 Å². The number of nitrogens with zero attached hydrogens (tertiary/aromatic N) is 2. The van der Waals surface area contributed by atoms with E-state index < -0.39 is 0 Å². The van der Waals surface area contributed by atoms with E-state index in [4.69, 9.17) is 4.74 Å². The number of hydrogen-bond donors (Lipinski definition) is 1. The maximum absolute atomic E-state index is 11.9. The quantitative estimate of drug-likeness (QED) is 0.922. The van der Waals surface area contributed by atoms with E-state index in [1.807, 2.05) is 49.5 Å². The molecule has 120 valence electrons. The first kappa shape index (κ1) is 15.3. The Morgan fingerprint density at radius 3 is 2.57 bits per heavy atom. The van der Waals surface area contributed by atoms with Gasteiger partial charge in [-0.1, -0.05) is 17.7 Å². The number of amides is 1. The predicted octanol–water partition coefficient (Wildman–Crippen LogP) is 3.01. The highest BCUT2D eigenvalue weighted by Gasteiger charge is 2.12. The number of carbonyl (C=O) groups excluding carboxylic acids is 1. The highest BCUT2D eigenvalue weighted by molar-refractivity contribution is 5.91. The summed E-state index contributed by atoms with van der Waals surface area (Å²) < 4.78 is 5.45. The first-order chi connectivity index (χ1) is 11.2. The van der Waals surface area contributed by atoms with E-state index >= 15 is 0 Å². The Labute approximate surface area is 136 Å². The van der Waals surface area contributed by atoms with Crippen molar-refractivity contribution in [2.24, 2.45) is 0 Å². The second-order valence-corrected chi connectivity index (χ2v) is 5.75. The zero-order valence-electron chi connectivity index (χ0n) is 13.3. The van der Waals surface area contributed by atoms with Gasteiger partial charge in [0.15, 0.2) is 6.61 Å². The van der Waals surface area contributed by atoms with Gasteiger partial charge in [-0.2, -0.15) is 0 Å². The lowest BCUT2D eigenvalue weighted by Crippen LogP contribution is -2.21. The van der Waals surface area contributed by atoms with Crippen LogP contribution in [0, 0.1) is 6.92 Å². The number of anilines is 2. The molecule has 23 heavy (non-hydrogen) atoms. The number of pyridine rings is 1. The molecule has 0 atom stereocenters. The molecule has 0 unspecified atom stereocenters. The lowest BCUT2D eigenvalue weighted by molar-refractivity contribution is -0.118. The zero-order valence-corrected chi connectivity index (χ0v) is 13.3. The van der Waals surface area contributed by atoms with Gasteiger partial charge in [0.25, 0.3) is 5.91 Å². The minimum absolute atomic E-state index is 0.0291. The molecular weight excluding hydrogens is 290 g/mol. The molecule has 2 heterocycles. The van der Waals surface area contributed by atoms with E-state index in [2.05, 4.69) is 15.2 Å². The van der Waals surface area contributed by atoms with Gasteiger partial charge in [-0.3, -0.25) is 4.79 Å². The highest BCUT2D eigenvalue weighted by atomic mass is 16.5. The summed E-state index contributed by atoms with van der Waals surface area (Å²) in [5.41, 5.74) is 2.26. The molecule has 5 heteroatoms. The van der Waals surface area contributed by atoms with Crippen LogP contribution in [0.1, 0.15) is 18.4 Å². The van der Waals surface area contributed by atoms with Crippen LogP contribution >= 0.6 is 0 Å². The molecule has 0 saturated carbocycles. The first-order valence-electron chi connectivity index (χ1n) is 7.91. The van der Waals surface area contributed by atoms with Gasteiger partial charge in [0.2, 0.25) is 0 Å². The predicted molar refractivity (Wildman–Crippen MR) is 91.0 cm³/mol. The molecule has 1 aliphatic heterocycles. The Hall–Kier alpha value is -2.56. The molecule has 0 spiro atoms. The standard InChI is InChI=1S/C18H21N3O2/c1-14-4-7-16(8-5-14)23-13-18(22)20-17-9-6-15(12-19-17)21-10-2-3-11-21/h4-9,12H,2-3,10-11,13H2,1H3,(H,19,20,22). The topological polar surface area (TPSA) is 54.5 Å². The van der Waals surface area contributed by atoms with Gasteiger partial charge in [-0.25, -0.2) is 4.98 Å². The van der Waals surface area contributed by atoms with E-state index in [9.17, 15) is 4.79 Å². The van der Waals surface area contributed by atoms with Crippen molar-refractivity contribution in [3.05, 3.63) is 48.2 Å².